The first-order chi connectivity index (χ1) is 9.81. The van der Waals surface area contributed by atoms with Gasteiger partial charge < -0.3 is 0 Å². The van der Waals surface area contributed by atoms with E-state index in [0.29, 0.717) is 22.0 Å². The van der Waals surface area contributed by atoms with Crippen LogP contribution in [0.2, 0.25) is 5.02 Å². The first-order valence-corrected chi connectivity index (χ1v) is 7.97. The zero-order chi connectivity index (χ0) is 15.6. The van der Waals surface area contributed by atoms with E-state index in [1.54, 1.807) is 32.0 Å². The van der Waals surface area contributed by atoms with Gasteiger partial charge in [-0.25, -0.2) is 13.1 Å². The Labute approximate surface area is 127 Å². The smallest absolute Gasteiger partial charge is 0.244 e. The number of aromatic amines is 1. The fourth-order valence-electron chi connectivity index (χ4n) is 1.93. The third-order valence-corrected chi connectivity index (χ3v) is 4.80. The van der Waals surface area contributed by atoms with Crippen molar-refractivity contribution < 1.29 is 13.2 Å². The van der Waals surface area contributed by atoms with Crippen LogP contribution in [0.5, 0.6) is 0 Å². The van der Waals surface area contributed by atoms with Crippen LogP contribution >= 0.6 is 11.6 Å². The van der Waals surface area contributed by atoms with Crippen LogP contribution in [0.1, 0.15) is 21.7 Å². The molecule has 0 saturated heterocycles. The van der Waals surface area contributed by atoms with Crippen molar-refractivity contribution in [2.45, 2.75) is 18.7 Å². The van der Waals surface area contributed by atoms with E-state index in [4.69, 9.17) is 11.6 Å². The van der Waals surface area contributed by atoms with Crippen molar-refractivity contribution in [1.82, 2.24) is 14.9 Å². The van der Waals surface area contributed by atoms with E-state index in [9.17, 15) is 13.2 Å². The number of ketones is 1. The minimum Gasteiger partial charge on any atom is -0.293 e. The van der Waals surface area contributed by atoms with Gasteiger partial charge in [0, 0.05) is 10.6 Å². The Kier molecular flexibility index (Phi) is 4.46. The number of Topliss-reactive ketones (excluding diaryl/α,β-unsaturated/α-hetero) is 1. The Balaban J connectivity index is 2.14. The molecule has 0 unspecified atom stereocenters. The largest absolute Gasteiger partial charge is 0.293 e. The molecular weight excluding hydrogens is 314 g/mol. The molecule has 0 bridgehead atoms. The molecule has 0 spiro atoms. The summed E-state index contributed by atoms with van der Waals surface area (Å²) in [6.07, 6.45) is 0. The number of halogens is 1. The maximum Gasteiger partial charge on any atom is 0.244 e. The number of hydrogen-bond donors (Lipinski definition) is 2. The van der Waals surface area contributed by atoms with Crippen molar-refractivity contribution in [3.63, 3.8) is 0 Å². The number of carbonyl (C=O) groups is 1. The molecule has 0 radical (unpaired) electrons. The second-order valence-corrected chi connectivity index (χ2v) is 6.66. The minimum atomic E-state index is -3.79. The van der Waals surface area contributed by atoms with Crippen LogP contribution in [-0.4, -0.2) is 30.9 Å². The number of sulfonamides is 1. The number of benzene rings is 1. The second-order valence-electron chi connectivity index (χ2n) is 4.52. The van der Waals surface area contributed by atoms with Gasteiger partial charge in [-0.3, -0.25) is 9.89 Å². The average molecular weight is 328 g/mol. The molecule has 0 amide bonds. The van der Waals surface area contributed by atoms with Gasteiger partial charge in [-0.05, 0) is 26.0 Å². The maximum absolute atomic E-state index is 12.2. The van der Waals surface area contributed by atoms with E-state index < -0.39 is 10.0 Å². The van der Waals surface area contributed by atoms with E-state index in [1.165, 1.54) is 6.07 Å². The minimum absolute atomic E-state index is 0.0707. The molecule has 0 aliphatic carbocycles. The van der Waals surface area contributed by atoms with Crippen LogP contribution in [0.4, 0.5) is 0 Å². The molecule has 0 saturated carbocycles. The van der Waals surface area contributed by atoms with Gasteiger partial charge in [-0.15, -0.1) is 0 Å². The van der Waals surface area contributed by atoms with Gasteiger partial charge in [0.2, 0.25) is 10.0 Å². The van der Waals surface area contributed by atoms with Crippen molar-refractivity contribution in [2.75, 3.05) is 6.54 Å². The molecular formula is C13H14ClN3O3S. The summed E-state index contributed by atoms with van der Waals surface area (Å²) >= 11 is 5.80. The third-order valence-electron chi connectivity index (χ3n) is 2.90. The summed E-state index contributed by atoms with van der Waals surface area (Å²) in [5.74, 6) is -0.361. The summed E-state index contributed by atoms with van der Waals surface area (Å²) in [6.45, 7) is 2.84. The van der Waals surface area contributed by atoms with Gasteiger partial charge >= 0.3 is 0 Å². The van der Waals surface area contributed by atoms with E-state index in [2.05, 4.69) is 14.9 Å². The Morgan fingerprint density at radius 2 is 2.10 bits per heavy atom. The van der Waals surface area contributed by atoms with Crippen molar-refractivity contribution in [3.8, 4) is 0 Å². The Morgan fingerprint density at radius 3 is 2.67 bits per heavy atom. The number of rotatable bonds is 5. The number of H-pyrrole nitrogens is 1. The lowest BCUT2D eigenvalue weighted by atomic mass is 10.1. The van der Waals surface area contributed by atoms with Crippen molar-refractivity contribution in [3.05, 3.63) is 46.2 Å². The molecule has 1 aromatic carbocycles. The number of aromatic nitrogens is 2. The van der Waals surface area contributed by atoms with Crippen LogP contribution < -0.4 is 4.72 Å². The average Bonchev–Trinajstić information content (AvgIpc) is 2.76. The van der Waals surface area contributed by atoms with Crippen LogP contribution in [0, 0.1) is 13.8 Å². The predicted molar refractivity (Wildman–Crippen MR) is 79.0 cm³/mol. The quantitative estimate of drug-likeness (QED) is 0.820. The normalized spacial score (nSPS) is 11.6. The molecule has 112 valence electrons. The summed E-state index contributed by atoms with van der Waals surface area (Å²) in [7, 11) is -3.79. The lowest BCUT2D eigenvalue weighted by molar-refractivity contribution is 0.0997. The topological polar surface area (TPSA) is 91.9 Å². The van der Waals surface area contributed by atoms with Crippen LogP contribution in [0.3, 0.4) is 0 Å². The molecule has 0 atom stereocenters. The van der Waals surface area contributed by atoms with Crippen LogP contribution in [0.15, 0.2) is 29.2 Å². The summed E-state index contributed by atoms with van der Waals surface area (Å²) < 4.78 is 26.7. The van der Waals surface area contributed by atoms with Gasteiger partial charge in [0.25, 0.3) is 0 Å². The van der Waals surface area contributed by atoms with Gasteiger partial charge in [-0.2, -0.15) is 5.10 Å². The molecule has 2 N–H and O–H groups in total. The van der Waals surface area contributed by atoms with E-state index >= 15 is 0 Å². The number of nitrogens with zero attached hydrogens (tertiary/aromatic N) is 1. The molecule has 0 aliphatic heterocycles. The molecule has 8 heteroatoms. The number of aryl methyl sites for hydroxylation is 2. The van der Waals surface area contributed by atoms with Gasteiger partial charge in [0.1, 0.15) is 4.90 Å². The molecule has 0 fully saturated rings. The second kappa shape index (κ2) is 5.97. The molecule has 1 aromatic heterocycles. The Bertz CT molecular complexity index is 764. The zero-order valence-electron chi connectivity index (χ0n) is 11.5. The fourth-order valence-corrected chi connectivity index (χ4v) is 3.47. The van der Waals surface area contributed by atoms with Gasteiger partial charge in [0.15, 0.2) is 5.78 Å². The van der Waals surface area contributed by atoms with E-state index in [-0.39, 0.29) is 17.2 Å². The molecule has 2 aromatic rings. The van der Waals surface area contributed by atoms with Gasteiger partial charge in [0.05, 0.1) is 17.9 Å². The predicted octanol–water partition coefficient (Wildman–Crippen LogP) is 1.84. The summed E-state index contributed by atoms with van der Waals surface area (Å²) in [5, 5.41) is 6.85. The number of carbonyl (C=O) groups excluding carboxylic acids is 1. The Hall–Kier alpha value is -1.70. The lowest BCUT2D eigenvalue weighted by Gasteiger charge is -2.06. The number of hydrogen-bond acceptors (Lipinski definition) is 4. The molecule has 6 nitrogen and oxygen atoms in total. The summed E-state index contributed by atoms with van der Waals surface area (Å²) in [6, 6.07) is 6.35. The molecule has 21 heavy (non-hydrogen) atoms. The lowest BCUT2D eigenvalue weighted by Crippen LogP contribution is -2.30. The van der Waals surface area contributed by atoms with E-state index in [1.807, 2.05) is 0 Å². The zero-order valence-corrected chi connectivity index (χ0v) is 13.0. The number of nitrogens with one attached hydrogen (secondary N) is 2. The highest BCUT2D eigenvalue weighted by Crippen LogP contribution is 2.16. The maximum atomic E-state index is 12.2. The molecule has 0 aliphatic rings. The monoisotopic (exact) mass is 327 g/mol. The Morgan fingerprint density at radius 1 is 1.38 bits per heavy atom. The SMILES string of the molecule is Cc1n[nH]c(C)c1S(=O)(=O)NCC(=O)c1cccc(Cl)c1. The van der Waals surface area contributed by atoms with Crippen LogP contribution in [-0.2, 0) is 10.0 Å². The first kappa shape index (κ1) is 15.7. The molecule has 2 rings (SSSR count). The summed E-state index contributed by atoms with van der Waals surface area (Å²) in [4.78, 5) is 12.0. The van der Waals surface area contributed by atoms with Crippen LogP contribution in [0.25, 0.3) is 0 Å². The van der Waals surface area contributed by atoms with Crippen molar-refractivity contribution in [1.29, 1.82) is 0 Å². The van der Waals surface area contributed by atoms with Crippen molar-refractivity contribution >= 4 is 27.4 Å². The third kappa shape index (κ3) is 3.49. The highest BCUT2D eigenvalue weighted by molar-refractivity contribution is 7.89. The van der Waals surface area contributed by atoms with E-state index in [0.717, 1.165) is 0 Å². The fraction of sp³-hybridized carbons (Fsp3) is 0.231. The standard InChI is InChI=1S/C13H14ClN3O3S/c1-8-13(9(2)17-16-8)21(19,20)15-7-12(18)10-4-3-5-11(14)6-10/h3-6,15H,7H2,1-2H3,(H,16,17). The summed E-state index contributed by atoms with van der Waals surface area (Å²) in [5.41, 5.74) is 1.14. The molecule has 1 heterocycles. The first-order valence-electron chi connectivity index (χ1n) is 6.11. The highest BCUT2D eigenvalue weighted by atomic mass is 35.5. The van der Waals surface area contributed by atoms with Gasteiger partial charge in [-0.1, -0.05) is 23.7 Å². The highest BCUT2D eigenvalue weighted by Gasteiger charge is 2.23. The van der Waals surface area contributed by atoms with Crippen molar-refractivity contribution in [2.24, 2.45) is 0 Å².